The number of ether oxygens (including phenoxy) is 1. The molecule has 1 aliphatic carbocycles. The van der Waals surface area contributed by atoms with E-state index >= 15 is 0 Å². The molecule has 156 valence electrons. The Kier molecular flexibility index (Phi) is 5.25. The molecule has 1 unspecified atom stereocenters. The number of carbonyl (C=O) groups excluding carboxylic acids is 2. The van der Waals surface area contributed by atoms with E-state index in [1.165, 1.54) is 12.7 Å². The molecule has 7 nitrogen and oxygen atoms in total. The van der Waals surface area contributed by atoms with E-state index in [0.717, 1.165) is 35.9 Å². The van der Waals surface area contributed by atoms with Gasteiger partial charge in [0.1, 0.15) is 5.69 Å². The lowest BCUT2D eigenvalue weighted by atomic mass is 9.73. The Morgan fingerprint density at radius 1 is 1.31 bits per heavy atom. The fraction of sp³-hybridized carbons (Fsp3) is 0.545. The summed E-state index contributed by atoms with van der Waals surface area (Å²) in [5, 5.41) is 4.39. The molecule has 4 rings (SSSR count). The lowest BCUT2D eigenvalue weighted by molar-refractivity contribution is 0.0592. The van der Waals surface area contributed by atoms with E-state index in [-0.39, 0.29) is 18.0 Å². The number of esters is 1. The number of benzene rings is 1. The van der Waals surface area contributed by atoms with Gasteiger partial charge in [-0.2, -0.15) is 0 Å². The molecule has 1 aromatic heterocycles. The van der Waals surface area contributed by atoms with Gasteiger partial charge in [0, 0.05) is 48.5 Å². The van der Waals surface area contributed by atoms with Gasteiger partial charge < -0.3 is 24.8 Å². The summed E-state index contributed by atoms with van der Waals surface area (Å²) in [4.78, 5) is 32.3. The molecule has 0 radical (unpaired) electrons. The maximum atomic E-state index is 12.6. The molecule has 2 aromatic rings. The van der Waals surface area contributed by atoms with Gasteiger partial charge in [0.2, 0.25) is 0 Å². The molecule has 2 aliphatic rings. The molecule has 1 aliphatic heterocycles. The minimum Gasteiger partial charge on any atom is -0.464 e. The molecule has 3 atom stereocenters. The van der Waals surface area contributed by atoms with Crippen molar-refractivity contribution < 1.29 is 14.3 Å². The van der Waals surface area contributed by atoms with Crippen molar-refractivity contribution in [3.05, 3.63) is 35.0 Å². The molecule has 2 amide bonds. The Balaban J connectivity index is 1.67. The van der Waals surface area contributed by atoms with Crippen LogP contribution < -0.4 is 5.32 Å². The monoisotopic (exact) mass is 398 g/mol. The predicted octanol–water partition coefficient (Wildman–Crippen LogP) is 2.72. The van der Waals surface area contributed by atoms with Crippen molar-refractivity contribution in [2.45, 2.75) is 44.7 Å². The number of H-pyrrole nitrogens is 1. The number of aromatic nitrogens is 1. The van der Waals surface area contributed by atoms with E-state index in [9.17, 15) is 9.59 Å². The summed E-state index contributed by atoms with van der Waals surface area (Å²) in [7, 11) is 3.53. The number of hydrogen-bond donors (Lipinski definition) is 2. The van der Waals surface area contributed by atoms with Crippen molar-refractivity contribution in [1.82, 2.24) is 20.1 Å². The Hall–Kier alpha value is -2.54. The van der Waals surface area contributed by atoms with E-state index in [1.54, 1.807) is 0 Å². The highest BCUT2D eigenvalue weighted by Gasteiger charge is 2.41. The zero-order valence-electron chi connectivity index (χ0n) is 17.6. The molecule has 0 spiro atoms. The highest BCUT2D eigenvalue weighted by Crippen LogP contribution is 2.44. The number of rotatable bonds is 4. The summed E-state index contributed by atoms with van der Waals surface area (Å²) < 4.78 is 5.00. The first-order chi connectivity index (χ1) is 14.0. The van der Waals surface area contributed by atoms with Crippen LogP contribution in [0.4, 0.5) is 4.79 Å². The van der Waals surface area contributed by atoms with Crippen LogP contribution in [-0.4, -0.2) is 72.7 Å². The van der Waals surface area contributed by atoms with Gasteiger partial charge in [0.25, 0.3) is 0 Å². The van der Waals surface area contributed by atoms with Gasteiger partial charge in [0.05, 0.1) is 7.11 Å². The molecular weight excluding hydrogens is 368 g/mol. The molecule has 1 saturated heterocycles. The quantitative estimate of drug-likeness (QED) is 0.777. The second kappa shape index (κ2) is 7.71. The number of piperidine rings is 1. The Morgan fingerprint density at radius 2 is 2.07 bits per heavy atom. The van der Waals surface area contributed by atoms with Crippen LogP contribution in [0.1, 0.15) is 47.8 Å². The third-order valence-electron chi connectivity index (χ3n) is 6.62. The second-order valence-corrected chi connectivity index (χ2v) is 8.11. The van der Waals surface area contributed by atoms with E-state index < -0.39 is 0 Å². The van der Waals surface area contributed by atoms with E-state index in [1.807, 2.05) is 30.9 Å². The second-order valence-electron chi connectivity index (χ2n) is 8.11. The molecule has 1 aromatic carbocycles. The van der Waals surface area contributed by atoms with E-state index in [2.05, 4.69) is 28.3 Å². The fourth-order valence-corrected chi connectivity index (χ4v) is 5.19. The lowest BCUT2D eigenvalue weighted by Crippen LogP contribution is -2.56. The minimum absolute atomic E-state index is 0.0104. The van der Waals surface area contributed by atoms with Gasteiger partial charge in [-0.15, -0.1) is 0 Å². The number of likely N-dealkylation sites (N-methyl/N-ethyl adjacent to an activating group) is 1. The van der Waals surface area contributed by atoms with Crippen LogP contribution in [0, 0.1) is 0 Å². The van der Waals surface area contributed by atoms with Gasteiger partial charge in [0.15, 0.2) is 0 Å². The number of aromatic amines is 1. The molecule has 29 heavy (non-hydrogen) atoms. The van der Waals surface area contributed by atoms with Crippen molar-refractivity contribution in [3.8, 4) is 0 Å². The average Bonchev–Trinajstić information content (AvgIpc) is 3.09. The van der Waals surface area contributed by atoms with Gasteiger partial charge in [-0.3, -0.25) is 0 Å². The lowest BCUT2D eigenvalue weighted by Gasteiger charge is -2.46. The number of likely N-dealkylation sites (tertiary alicyclic amines) is 1. The summed E-state index contributed by atoms with van der Waals surface area (Å²) >= 11 is 0. The molecule has 0 bridgehead atoms. The SMILES string of the molecule is CCN(CC)C(=O)NC1C[C@@H]2c3cccc4[nH]c(C(=O)OC)c(c34)C[C@H]2N(C)C1. The summed E-state index contributed by atoms with van der Waals surface area (Å²) in [6, 6.07) is 6.64. The van der Waals surface area contributed by atoms with Crippen molar-refractivity contribution >= 4 is 22.9 Å². The van der Waals surface area contributed by atoms with Crippen molar-refractivity contribution in [2.75, 3.05) is 33.8 Å². The number of carbonyl (C=O) groups is 2. The van der Waals surface area contributed by atoms with Crippen molar-refractivity contribution in [3.63, 3.8) is 0 Å². The maximum Gasteiger partial charge on any atom is 0.354 e. The number of hydrogen-bond acceptors (Lipinski definition) is 4. The van der Waals surface area contributed by atoms with Crippen LogP contribution in [0.25, 0.3) is 10.9 Å². The van der Waals surface area contributed by atoms with Crippen LogP contribution >= 0.6 is 0 Å². The smallest absolute Gasteiger partial charge is 0.354 e. The van der Waals surface area contributed by atoms with Crippen molar-refractivity contribution in [1.29, 1.82) is 0 Å². The van der Waals surface area contributed by atoms with Gasteiger partial charge >= 0.3 is 12.0 Å². The summed E-state index contributed by atoms with van der Waals surface area (Å²) in [6.45, 7) is 6.22. The van der Waals surface area contributed by atoms with E-state index in [0.29, 0.717) is 30.7 Å². The first-order valence-corrected chi connectivity index (χ1v) is 10.5. The number of amides is 2. The minimum atomic E-state index is -0.316. The van der Waals surface area contributed by atoms with Gasteiger partial charge in [-0.05, 0) is 50.9 Å². The number of fused-ring (bicyclic) bond motifs is 2. The topological polar surface area (TPSA) is 77.7 Å². The first-order valence-electron chi connectivity index (χ1n) is 10.5. The normalized spacial score (nSPS) is 23.5. The Morgan fingerprint density at radius 3 is 2.76 bits per heavy atom. The van der Waals surface area contributed by atoms with Crippen LogP contribution in [0.3, 0.4) is 0 Å². The third kappa shape index (κ3) is 3.27. The molecule has 2 heterocycles. The third-order valence-corrected chi connectivity index (χ3v) is 6.62. The van der Waals surface area contributed by atoms with Crippen LogP contribution in [0.5, 0.6) is 0 Å². The van der Waals surface area contributed by atoms with Crippen molar-refractivity contribution in [2.24, 2.45) is 0 Å². The number of methoxy groups -OCH3 is 1. The van der Waals surface area contributed by atoms with Gasteiger partial charge in [-0.25, -0.2) is 9.59 Å². The maximum absolute atomic E-state index is 12.6. The highest BCUT2D eigenvalue weighted by molar-refractivity contribution is 6.00. The number of nitrogens with zero attached hydrogens (tertiary/aromatic N) is 2. The highest BCUT2D eigenvalue weighted by atomic mass is 16.5. The van der Waals surface area contributed by atoms with Crippen LogP contribution in [-0.2, 0) is 11.2 Å². The van der Waals surface area contributed by atoms with Gasteiger partial charge in [-0.1, -0.05) is 12.1 Å². The largest absolute Gasteiger partial charge is 0.464 e. The summed E-state index contributed by atoms with van der Waals surface area (Å²) in [6.07, 6.45) is 1.71. The standard InChI is InChI=1S/C22H30N4O3/c1-5-26(6-2)22(28)23-13-10-15-14-8-7-9-17-19(14)16(11-18(15)25(3)12-13)20(24-17)21(27)29-4/h7-9,13,15,18,24H,5-6,10-12H2,1-4H3,(H,23,28)/t13?,15-,18-/m1/s1. The average molecular weight is 399 g/mol. The summed E-state index contributed by atoms with van der Waals surface area (Å²) in [5.74, 6) is -0.00308. The summed E-state index contributed by atoms with van der Waals surface area (Å²) in [5.41, 5.74) is 3.86. The number of urea groups is 1. The molecule has 7 heteroatoms. The number of nitrogens with one attached hydrogen (secondary N) is 2. The predicted molar refractivity (Wildman–Crippen MR) is 112 cm³/mol. The fourth-order valence-electron chi connectivity index (χ4n) is 5.19. The van der Waals surface area contributed by atoms with E-state index in [4.69, 9.17) is 4.74 Å². The Labute approximate surface area is 171 Å². The Bertz CT molecular complexity index is 934. The molecule has 2 N–H and O–H groups in total. The zero-order chi connectivity index (χ0) is 20.7. The zero-order valence-corrected chi connectivity index (χ0v) is 17.6. The molecular formula is C22H30N4O3. The first kappa shape index (κ1) is 19.8. The molecule has 1 fully saturated rings. The molecule has 0 saturated carbocycles. The van der Waals surface area contributed by atoms with Crippen LogP contribution in [0.2, 0.25) is 0 Å². The van der Waals surface area contributed by atoms with Crippen LogP contribution in [0.15, 0.2) is 18.2 Å².